The van der Waals surface area contributed by atoms with Crippen LogP contribution >= 0.6 is 0 Å². The van der Waals surface area contributed by atoms with E-state index in [2.05, 4.69) is 20.1 Å². The molecular weight excluding hydrogens is 386 g/mol. The molecule has 182 valence electrons. The van der Waals surface area contributed by atoms with Crippen molar-refractivity contribution in [2.45, 2.75) is 117 Å². The fourth-order valence-electron chi connectivity index (χ4n) is 3.12. The minimum absolute atomic E-state index is 0.0556. The maximum absolute atomic E-state index is 11.2. The van der Waals surface area contributed by atoms with E-state index in [0.717, 1.165) is 6.42 Å². The molecule has 0 saturated heterocycles. The lowest BCUT2D eigenvalue weighted by atomic mass is 10.0. The van der Waals surface area contributed by atoms with Crippen molar-refractivity contribution in [2.75, 3.05) is 20.7 Å². The number of ether oxygens (including phenoxy) is 1. The lowest BCUT2D eigenvalue weighted by Crippen LogP contribution is -2.18. The Morgan fingerprint density at radius 1 is 0.742 bits per heavy atom. The van der Waals surface area contributed by atoms with Crippen LogP contribution in [0, 0.1) is 0 Å². The van der Waals surface area contributed by atoms with E-state index in [1.165, 1.54) is 107 Å². The molecule has 0 aliphatic rings. The molecule has 4 heteroatoms. The Bertz CT molecular complexity index is 457. The van der Waals surface area contributed by atoms with E-state index in [9.17, 15) is 9.59 Å². The second-order valence-corrected chi connectivity index (χ2v) is 8.66. The van der Waals surface area contributed by atoms with E-state index >= 15 is 0 Å². The van der Waals surface area contributed by atoms with Crippen molar-refractivity contribution >= 4 is 11.9 Å². The van der Waals surface area contributed by atoms with Gasteiger partial charge in [-0.2, -0.15) is 0 Å². The Kier molecular flexibility index (Phi) is 25.2. The summed E-state index contributed by atoms with van der Waals surface area (Å²) in [6.45, 7) is 11.4. The van der Waals surface area contributed by atoms with Crippen molar-refractivity contribution in [2.24, 2.45) is 0 Å². The predicted octanol–water partition coefficient (Wildman–Crippen LogP) is 7.63. The fourth-order valence-corrected chi connectivity index (χ4v) is 3.12. The van der Waals surface area contributed by atoms with Gasteiger partial charge in [0.1, 0.15) is 0 Å². The van der Waals surface area contributed by atoms with Crippen LogP contribution in [0.4, 0.5) is 0 Å². The highest BCUT2D eigenvalue weighted by Gasteiger charge is 2.01. The summed E-state index contributed by atoms with van der Waals surface area (Å²) in [5, 5.41) is 0. The third kappa shape index (κ3) is 26.4. The summed E-state index contributed by atoms with van der Waals surface area (Å²) in [4.78, 5) is 23.0. The number of likely N-dealkylation sites (N-methyl/N-ethyl adjacent to an activating group) is 1. The summed E-state index contributed by atoms with van der Waals surface area (Å²) < 4.78 is 5.08. The Morgan fingerprint density at radius 3 is 1.35 bits per heavy atom. The van der Waals surface area contributed by atoms with Gasteiger partial charge in [-0.1, -0.05) is 116 Å². The van der Waals surface area contributed by atoms with Crippen molar-refractivity contribution in [3.63, 3.8) is 0 Å². The minimum Gasteiger partial charge on any atom is -0.462 e. The summed E-state index contributed by atoms with van der Waals surface area (Å²) in [6, 6.07) is 0. The first-order valence-corrected chi connectivity index (χ1v) is 12.5. The van der Waals surface area contributed by atoms with Gasteiger partial charge in [0.2, 0.25) is 5.91 Å². The highest BCUT2D eigenvalue weighted by Crippen LogP contribution is 2.13. The normalized spacial score (nSPS) is 10.1. The number of unbranched alkanes of at least 4 members (excludes halogenated alkanes) is 15. The summed E-state index contributed by atoms with van der Waals surface area (Å²) in [5.74, 6) is -0.309. The number of carbonyl (C=O) groups excluding carboxylic acids is 2. The van der Waals surface area contributed by atoms with Gasteiger partial charge in [0.15, 0.2) is 0 Å². The van der Waals surface area contributed by atoms with Crippen molar-refractivity contribution in [3.05, 3.63) is 24.8 Å². The summed E-state index contributed by atoms with van der Waals surface area (Å²) in [6.07, 6.45) is 23.0. The van der Waals surface area contributed by atoms with Crippen molar-refractivity contribution in [3.8, 4) is 0 Å². The number of nitrogens with zero attached hydrogens (tertiary/aromatic N) is 1. The molecule has 4 nitrogen and oxygen atoms in total. The molecule has 0 rings (SSSR count). The molecule has 0 fully saturated rings. The van der Waals surface area contributed by atoms with E-state index in [1.54, 1.807) is 21.0 Å². The molecule has 0 atom stereocenters. The highest BCUT2D eigenvalue weighted by atomic mass is 16.5. The van der Waals surface area contributed by atoms with Gasteiger partial charge >= 0.3 is 5.97 Å². The quantitative estimate of drug-likeness (QED) is 0.119. The first-order chi connectivity index (χ1) is 14.9. The van der Waals surface area contributed by atoms with E-state index < -0.39 is 0 Å². The van der Waals surface area contributed by atoms with E-state index in [0.29, 0.717) is 12.2 Å². The van der Waals surface area contributed by atoms with E-state index in [-0.39, 0.29) is 11.9 Å². The summed E-state index contributed by atoms with van der Waals surface area (Å²) in [7, 11) is 3.37. The zero-order valence-corrected chi connectivity index (χ0v) is 21.2. The third-order valence-electron chi connectivity index (χ3n) is 5.19. The number of carbonyl (C=O) groups is 2. The van der Waals surface area contributed by atoms with Crippen LogP contribution in [0.5, 0.6) is 0 Å². The van der Waals surface area contributed by atoms with Crippen LogP contribution in [0.15, 0.2) is 24.8 Å². The maximum Gasteiger partial charge on any atom is 0.333 e. The molecular formula is C27H51NO3. The SMILES string of the molecule is C=C(C)C(=O)OCCCCCCCCCCCCCCCCCC.C=CC(=O)N(C)C. The largest absolute Gasteiger partial charge is 0.462 e. The first-order valence-electron chi connectivity index (χ1n) is 12.5. The Balaban J connectivity index is 0. The van der Waals surface area contributed by atoms with Crippen LogP contribution in [-0.4, -0.2) is 37.5 Å². The summed E-state index contributed by atoms with van der Waals surface area (Å²) >= 11 is 0. The standard InChI is InChI=1S/C22H42O2.C5H9NO/c1-4-5-6-7-8-9-10-11-12-13-14-15-16-17-18-19-20-24-22(23)21(2)3;1-4-5(7)6(2)3/h2,4-20H2,1,3H3;4H,1H2,2-3H3. The number of amides is 1. The Morgan fingerprint density at radius 2 is 1.10 bits per heavy atom. The van der Waals surface area contributed by atoms with E-state index in [1.807, 2.05) is 0 Å². The van der Waals surface area contributed by atoms with Gasteiger partial charge in [0.05, 0.1) is 6.61 Å². The Labute approximate surface area is 193 Å². The molecule has 0 heterocycles. The first kappa shape index (κ1) is 31.6. The second-order valence-electron chi connectivity index (χ2n) is 8.66. The molecule has 0 radical (unpaired) electrons. The molecule has 0 saturated carbocycles. The lowest BCUT2D eigenvalue weighted by molar-refractivity contribution is -0.139. The third-order valence-corrected chi connectivity index (χ3v) is 5.19. The minimum atomic E-state index is -0.254. The van der Waals surface area contributed by atoms with Gasteiger partial charge in [0.25, 0.3) is 0 Å². The highest BCUT2D eigenvalue weighted by molar-refractivity contribution is 5.87. The second kappa shape index (κ2) is 24.7. The average Bonchev–Trinajstić information content (AvgIpc) is 2.75. The van der Waals surface area contributed by atoms with Gasteiger partial charge in [-0.3, -0.25) is 4.79 Å². The molecule has 0 N–H and O–H groups in total. The fraction of sp³-hybridized carbons (Fsp3) is 0.778. The lowest BCUT2D eigenvalue weighted by Gasteiger charge is -2.05. The van der Waals surface area contributed by atoms with Crippen LogP contribution < -0.4 is 0 Å². The van der Waals surface area contributed by atoms with Crippen molar-refractivity contribution < 1.29 is 14.3 Å². The maximum atomic E-state index is 11.2. The van der Waals surface area contributed by atoms with Gasteiger partial charge in [0, 0.05) is 19.7 Å². The van der Waals surface area contributed by atoms with Crippen LogP contribution in [0.25, 0.3) is 0 Å². The van der Waals surface area contributed by atoms with Gasteiger partial charge < -0.3 is 9.64 Å². The average molecular weight is 438 g/mol. The zero-order valence-electron chi connectivity index (χ0n) is 21.2. The molecule has 0 aliphatic carbocycles. The molecule has 0 aromatic heterocycles. The smallest absolute Gasteiger partial charge is 0.333 e. The van der Waals surface area contributed by atoms with Gasteiger partial charge in [-0.15, -0.1) is 0 Å². The van der Waals surface area contributed by atoms with E-state index in [4.69, 9.17) is 4.74 Å². The number of rotatable bonds is 19. The molecule has 0 unspecified atom stereocenters. The molecule has 31 heavy (non-hydrogen) atoms. The van der Waals surface area contributed by atoms with Crippen molar-refractivity contribution in [1.29, 1.82) is 0 Å². The number of esters is 1. The number of hydrogen-bond donors (Lipinski definition) is 0. The van der Waals surface area contributed by atoms with Gasteiger partial charge in [-0.25, -0.2) is 4.79 Å². The molecule has 0 aromatic carbocycles. The summed E-state index contributed by atoms with van der Waals surface area (Å²) in [5.41, 5.74) is 0.492. The molecule has 1 amide bonds. The number of hydrogen-bond acceptors (Lipinski definition) is 3. The molecule has 0 bridgehead atoms. The topological polar surface area (TPSA) is 46.6 Å². The zero-order chi connectivity index (χ0) is 23.7. The Hall–Kier alpha value is -1.58. The van der Waals surface area contributed by atoms with Crippen LogP contribution in [0.1, 0.15) is 117 Å². The molecule has 0 spiro atoms. The van der Waals surface area contributed by atoms with Crippen LogP contribution in [0.3, 0.4) is 0 Å². The van der Waals surface area contributed by atoms with Crippen molar-refractivity contribution in [1.82, 2.24) is 4.90 Å². The molecule has 0 aromatic rings. The van der Waals surface area contributed by atoms with Crippen LogP contribution in [0.2, 0.25) is 0 Å². The monoisotopic (exact) mass is 437 g/mol. The molecule has 0 aliphatic heterocycles. The predicted molar refractivity (Wildman–Crippen MR) is 134 cm³/mol. The van der Waals surface area contributed by atoms with Gasteiger partial charge in [-0.05, 0) is 19.4 Å². The van der Waals surface area contributed by atoms with Crippen LogP contribution in [-0.2, 0) is 14.3 Å².